The van der Waals surface area contributed by atoms with Gasteiger partial charge >= 0.3 is 12.1 Å². The van der Waals surface area contributed by atoms with Crippen LogP contribution in [0.1, 0.15) is 13.8 Å². The molecule has 4 nitrogen and oxygen atoms in total. The lowest BCUT2D eigenvalue weighted by Gasteiger charge is -2.26. The van der Waals surface area contributed by atoms with Crippen molar-refractivity contribution in [3.63, 3.8) is 0 Å². The summed E-state index contributed by atoms with van der Waals surface area (Å²) in [5.41, 5.74) is -0.176. The van der Waals surface area contributed by atoms with Gasteiger partial charge in [0.2, 0.25) is 0 Å². The minimum atomic E-state index is -4.92. The average molecular weight is 272 g/mol. The second-order valence-corrected chi connectivity index (χ2v) is 4.60. The van der Waals surface area contributed by atoms with E-state index in [9.17, 15) is 18.0 Å². The molecule has 1 amide bonds. The van der Waals surface area contributed by atoms with E-state index in [2.05, 4.69) is 4.99 Å². The number of fused-ring (bicyclic) bond motifs is 1. The third-order valence-electron chi connectivity index (χ3n) is 2.36. The van der Waals surface area contributed by atoms with Crippen molar-refractivity contribution < 1.29 is 22.7 Å². The highest BCUT2D eigenvalue weighted by molar-refractivity contribution is 5.95. The average Bonchev–Trinajstić information content (AvgIpc) is 2.27. The van der Waals surface area contributed by atoms with Crippen molar-refractivity contribution >= 4 is 23.5 Å². The van der Waals surface area contributed by atoms with Gasteiger partial charge in [-0.15, -0.1) is 0 Å². The van der Waals surface area contributed by atoms with Crippen LogP contribution in [-0.2, 0) is 4.79 Å². The third-order valence-corrected chi connectivity index (χ3v) is 2.36. The highest BCUT2D eigenvalue weighted by Gasteiger charge is 2.38. The van der Waals surface area contributed by atoms with E-state index in [0.717, 1.165) is 0 Å². The largest absolute Gasteiger partial charge is 0.480 e. The Kier molecular flexibility index (Phi) is 3.00. The van der Waals surface area contributed by atoms with Crippen molar-refractivity contribution in [2.45, 2.75) is 25.6 Å². The van der Waals surface area contributed by atoms with Crippen LogP contribution >= 0.6 is 0 Å². The number of carbonyl (C=O) groups is 1. The molecule has 2 rings (SSSR count). The van der Waals surface area contributed by atoms with Crippen molar-refractivity contribution in [1.82, 2.24) is 0 Å². The summed E-state index contributed by atoms with van der Waals surface area (Å²) < 4.78 is 41.9. The highest BCUT2D eigenvalue weighted by atomic mass is 19.4. The standard InChI is InChI=1S/C12H11F3N2O2/c1-11(2)6-16-8-5-7(3-4-9(8)19-11)17-10(18)12(13,14)15/h3-6H,1-2H3,(H,17,18). The summed E-state index contributed by atoms with van der Waals surface area (Å²) >= 11 is 0. The molecule has 0 spiro atoms. The van der Waals surface area contributed by atoms with Crippen LogP contribution in [0, 0.1) is 0 Å². The fourth-order valence-electron chi connectivity index (χ4n) is 1.52. The Morgan fingerprint density at radius 3 is 2.68 bits per heavy atom. The van der Waals surface area contributed by atoms with E-state index in [1.54, 1.807) is 25.4 Å². The van der Waals surface area contributed by atoms with Crippen LogP contribution in [0.15, 0.2) is 23.2 Å². The van der Waals surface area contributed by atoms with Crippen LogP contribution < -0.4 is 10.1 Å². The number of halogens is 3. The molecular weight excluding hydrogens is 261 g/mol. The van der Waals surface area contributed by atoms with Gasteiger partial charge < -0.3 is 10.1 Å². The quantitative estimate of drug-likeness (QED) is 0.854. The number of alkyl halides is 3. The second-order valence-electron chi connectivity index (χ2n) is 4.60. The van der Waals surface area contributed by atoms with Crippen molar-refractivity contribution in [3.05, 3.63) is 18.2 Å². The molecule has 1 heterocycles. The SMILES string of the molecule is CC1(C)C=Nc2cc(NC(=O)C(F)(F)F)ccc2O1. The number of nitrogens with one attached hydrogen (secondary N) is 1. The number of nitrogens with zero attached hydrogens (tertiary/aromatic N) is 1. The number of aliphatic imine (C=N–C) groups is 1. The summed E-state index contributed by atoms with van der Waals surface area (Å²) in [6, 6.07) is 4.13. The smallest absolute Gasteiger partial charge is 0.471 e. The lowest BCUT2D eigenvalue weighted by Crippen LogP contribution is -2.32. The minimum Gasteiger partial charge on any atom is -0.480 e. The molecule has 0 aromatic heterocycles. The summed E-state index contributed by atoms with van der Waals surface area (Å²) in [7, 11) is 0. The molecule has 0 bridgehead atoms. The van der Waals surface area contributed by atoms with Gasteiger partial charge in [0.25, 0.3) is 0 Å². The fraction of sp³-hybridized carbons (Fsp3) is 0.333. The molecule has 0 radical (unpaired) electrons. The molecule has 7 heteroatoms. The number of rotatable bonds is 1. The Labute approximate surface area is 107 Å². The normalized spacial score (nSPS) is 16.5. The van der Waals surface area contributed by atoms with Crippen LogP contribution in [0.5, 0.6) is 5.75 Å². The number of benzene rings is 1. The van der Waals surface area contributed by atoms with Crippen molar-refractivity contribution in [1.29, 1.82) is 0 Å². The van der Waals surface area contributed by atoms with E-state index in [-0.39, 0.29) is 5.69 Å². The fourth-order valence-corrected chi connectivity index (χ4v) is 1.52. The molecule has 1 aliphatic rings. The van der Waals surface area contributed by atoms with Gasteiger partial charge in [-0.2, -0.15) is 13.2 Å². The molecule has 0 saturated carbocycles. The first-order valence-electron chi connectivity index (χ1n) is 5.44. The molecule has 1 aromatic rings. The van der Waals surface area contributed by atoms with Crippen molar-refractivity contribution in [2.75, 3.05) is 5.32 Å². The molecule has 1 aliphatic heterocycles. The summed E-state index contributed by atoms with van der Waals surface area (Å²) in [6.45, 7) is 3.61. The van der Waals surface area contributed by atoms with Crippen LogP contribution in [0.3, 0.4) is 0 Å². The zero-order valence-corrected chi connectivity index (χ0v) is 10.2. The monoisotopic (exact) mass is 272 g/mol. The molecule has 0 atom stereocenters. The Morgan fingerprint density at radius 2 is 2.05 bits per heavy atom. The summed E-state index contributed by atoms with van der Waals surface area (Å²) in [5, 5.41) is 1.76. The predicted molar refractivity (Wildman–Crippen MR) is 64.0 cm³/mol. The first-order valence-corrected chi connectivity index (χ1v) is 5.44. The van der Waals surface area contributed by atoms with Crippen molar-refractivity contribution in [3.8, 4) is 5.75 Å². The van der Waals surface area contributed by atoms with Gasteiger partial charge in [-0.05, 0) is 32.0 Å². The maximum absolute atomic E-state index is 12.1. The third kappa shape index (κ3) is 3.04. The highest BCUT2D eigenvalue weighted by Crippen LogP contribution is 2.36. The van der Waals surface area contributed by atoms with Gasteiger partial charge in [-0.1, -0.05) is 0 Å². The van der Waals surface area contributed by atoms with Crippen molar-refractivity contribution in [2.24, 2.45) is 4.99 Å². The number of hydrogen-bond acceptors (Lipinski definition) is 3. The lowest BCUT2D eigenvalue weighted by molar-refractivity contribution is -0.167. The van der Waals surface area contributed by atoms with E-state index >= 15 is 0 Å². The van der Waals surface area contributed by atoms with E-state index < -0.39 is 17.7 Å². The van der Waals surface area contributed by atoms with E-state index in [1.165, 1.54) is 18.2 Å². The Hall–Kier alpha value is -2.05. The molecule has 0 saturated heterocycles. The Balaban J connectivity index is 2.22. The summed E-state index contributed by atoms with van der Waals surface area (Å²) in [6.07, 6.45) is -3.37. The maximum atomic E-state index is 12.1. The number of ether oxygens (including phenoxy) is 1. The lowest BCUT2D eigenvalue weighted by atomic mass is 10.1. The second kappa shape index (κ2) is 4.25. The Bertz CT molecular complexity index is 550. The molecule has 102 valence electrons. The topological polar surface area (TPSA) is 50.7 Å². The molecule has 0 fully saturated rings. The number of hydrogen-bond donors (Lipinski definition) is 1. The number of carbonyl (C=O) groups excluding carboxylic acids is 1. The van der Waals surface area contributed by atoms with Crippen LogP contribution in [0.4, 0.5) is 24.5 Å². The summed E-state index contributed by atoms with van der Waals surface area (Å²) in [4.78, 5) is 14.9. The number of anilines is 1. The molecular formula is C12H11F3N2O2. The van der Waals surface area contributed by atoms with Gasteiger partial charge in [0.15, 0.2) is 0 Å². The molecule has 1 N–H and O–H groups in total. The van der Waals surface area contributed by atoms with E-state index in [1.807, 2.05) is 0 Å². The first kappa shape index (κ1) is 13.4. The van der Waals surface area contributed by atoms with E-state index in [0.29, 0.717) is 11.4 Å². The van der Waals surface area contributed by atoms with Gasteiger partial charge in [0.05, 0.1) is 0 Å². The molecule has 19 heavy (non-hydrogen) atoms. The maximum Gasteiger partial charge on any atom is 0.471 e. The molecule has 0 aliphatic carbocycles. The van der Waals surface area contributed by atoms with E-state index in [4.69, 9.17) is 4.74 Å². The van der Waals surface area contributed by atoms with Gasteiger partial charge in [0, 0.05) is 11.9 Å². The minimum absolute atomic E-state index is 0.0153. The predicted octanol–water partition coefficient (Wildman–Crippen LogP) is 3.06. The van der Waals surface area contributed by atoms with Crippen LogP contribution in [0.25, 0.3) is 0 Å². The zero-order valence-electron chi connectivity index (χ0n) is 10.2. The van der Waals surface area contributed by atoms with Gasteiger partial charge in [-0.25, -0.2) is 0 Å². The van der Waals surface area contributed by atoms with Gasteiger partial charge in [0.1, 0.15) is 17.0 Å². The Morgan fingerprint density at radius 1 is 1.37 bits per heavy atom. The molecule has 0 unspecified atom stereocenters. The number of amides is 1. The summed E-state index contributed by atoms with van der Waals surface area (Å²) in [5.74, 6) is -1.56. The zero-order chi connectivity index (χ0) is 14.3. The van der Waals surface area contributed by atoms with Crippen LogP contribution in [-0.4, -0.2) is 23.9 Å². The molecule has 1 aromatic carbocycles. The first-order chi connectivity index (χ1) is 8.67. The van der Waals surface area contributed by atoms with Crippen LogP contribution in [0.2, 0.25) is 0 Å². The van der Waals surface area contributed by atoms with Gasteiger partial charge in [-0.3, -0.25) is 9.79 Å².